The summed E-state index contributed by atoms with van der Waals surface area (Å²) in [5.74, 6) is 1.53. The number of carbonyl (C=O) groups is 1. The van der Waals surface area contributed by atoms with Gasteiger partial charge in [-0.3, -0.25) is 9.69 Å². The van der Waals surface area contributed by atoms with Gasteiger partial charge < -0.3 is 14.5 Å². The second kappa shape index (κ2) is 6.77. The molecule has 1 amide bonds. The van der Waals surface area contributed by atoms with Crippen molar-refractivity contribution in [3.8, 4) is 5.75 Å². The van der Waals surface area contributed by atoms with Crippen LogP contribution in [0.3, 0.4) is 0 Å². The van der Waals surface area contributed by atoms with E-state index < -0.39 is 0 Å². The van der Waals surface area contributed by atoms with E-state index in [9.17, 15) is 4.79 Å². The first-order valence-corrected chi connectivity index (χ1v) is 6.32. The number of methoxy groups -OCH3 is 1. The van der Waals surface area contributed by atoms with E-state index in [1.165, 1.54) is 0 Å². The standard InChI is InChI=1S/C15H18N2O3/c1-17(10-14-4-3-9-20-14)11-15(18)16-12-5-7-13(19-2)8-6-12/h3-9H,10-11H2,1-2H3,(H,16,18). The molecular weight excluding hydrogens is 256 g/mol. The first kappa shape index (κ1) is 14.1. The number of nitrogens with zero attached hydrogens (tertiary/aromatic N) is 1. The molecule has 0 spiro atoms. The predicted octanol–water partition coefficient (Wildman–Crippen LogP) is 2.36. The van der Waals surface area contributed by atoms with Gasteiger partial charge in [0.2, 0.25) is 5.91 Å². The van der Waals surface area contributed by atoms with Crippen LogP contribution in [0.5, 0.6) is 5.75 Å². The number of carbonyl (C=O) groups excluding carboxylic acids is 1. The molecule has 5 heteroatoms. The van der Waals surface area contributed by atoms with Crippen LogP contribution in [0.15, 0.2) is 47.1 Å². The first-order chi connectivity index (χ1) is 9.67. The molecule has 0 radical (unpaired) electrons. The summed E-state index contributed by atoms with van der Waals surface area (Å²) in [6.45, 7) is 0.899. The summed E-state index contributed by atoms with van der Waals surface area (Å²) in [6, 6.07) is 11.0. The molecule has 0 aliphatic heterocycles. The van der Waals surface area contributed by atoms with Crippen molar-refractivity contribution < 1.29 is 13.9 Å². The molecule has 0 aliphatic carbocycles. The maximum atomic E-state index is 11.9. The van der Waals surface area contributed by atoms with Crippen molar-refractivity contribution in [3.05, 3.63) is 48.4 Å². The lowest BCUT2D eigenvalue weighted by atomic mass is 10.3. The molecule has 2 rings (SSSR count). The van der Waals surface area contributed by atoms with Gasteiger partial charge in [0, 0.05) is 5.69 Å². The van der Waals surface area contributed by atoms with Crippen LogP contribution >= 0.6 is 0 Å². The topological polar surface area (TPSA) is 54.7 Å². The summed E-state index contributed by atoms with van der Waals surface area (Å²) in [5, 5.41) is 2.84. The molecule has 0 saturated heterocycles. The SMILES string of the molecule is COc1ccc(NC(=O)CN(C)Cc2ccco2)cc1. The quantitative estimate of drug-likeness (QED) is 0.878. The maximum Gasteiger partial charge on any atom is 0.238 e. The summed E-state index contributed by atoms with van der Waals surface area (Å²) in [4.78, 5) is 13.8. The summed E-state index contributed by atoms with van der Waals surface area (Å²) in [7, 11) is 3.48. The Bertz CT molecular complexity index is 535. The van der Waals surface area contributed by atoms with Crippen LogP contribution in [0, 0.1) is 0 Å². The van der Waals surface area contributed by atoms with Gasteiger partial charge >= 0.3 is 0 Å². The van der Waals surface area contributed by atoms with Crippen molar-refractivity contribution in [1.82, 2.24) is 4.90 Å². The third kappa shape index (κ3) is 4.13. The van der Waals surface area contributed by atoms with E-state index in [1.54, 1.807) is 13.4 Å². The highest BCUT2D eigenvalue weighted by molar-refractivity contribution is 5.92. The Kier molecular flexibility index (Phi) is 4.79. The fourth-order valence-electron chi connectivity index (χ4n) is 1.84. The van der Waals surface area contributed by atoms with Gasteiger partial charge in [-0.2, -0.15) is 0 Å². The number of benzene rings is 1. The molecule has 1 aromatic carbocycles. The number of hydrogen-bond acceptors (Lipinski definition) is 4. The molecule has 2 aromatic rings. The highest BCUT2D eigenvalue weighted by Crippen LogP contribution is 2.14. The Labute approximate surface area is 118 Å². The normalized spacial score (nSPS) is 10.6. The number of rotatable bonds is 6. The van der Waals surface area contributed by atoms with E-state index in [4.69, 9.17) is 9.15 Å². The smallest absolute Gasteiger partial charge is 0.238 e. The van der Waals surface area contributed by atoms with Crippen LogP contribution < -0.4 is 10.1 Å². The minimum absolute atomic E-state index is 0.0655. The minimum atomic E-state index is -0.0655. The molecule has 20 heavy (non-hydrogen) atoms. The lowest BCUT2D eigenvalue weighted by Crippen LogP contribution is -2.29. The third-order valence-electron chi connectivity index (χ3n) is 2.79. The number of amides is 1. The number of nitrogens with one attached hydrogen (secondary N) is 1. The minimum Gasteiger partial charge on any atom is -0.497 e. The molecule has 106 valence electrons. The first-order valence-electron chi connectivity index (χ1n) is 6.32. The average Bonchev–Trinajstić information content (AvgIpc) is 2.92. The lowest BCUT2D eigenvalue weighted by molar-refractivity contribution is -0.117. The van der Waals surface area contributed by atoms with Gasteiger partial charge in [-0.15, -0.1) is 0 Å². The largest absolute Gasteiger partial charge is 0.497 e. The van der Waals surface area contributed by atoms with Crippen molar-refractivity contribution in [2.45, 2.75) is 6.54 Å². The molecule has 0 saturated carbocycles. The van der Waals surface area contributed by atoms with Crippen molar-refractivity contribution in [1.29, 1.82) is 0 Å². The molecule has 0 fully saturated rings. The highest BCUT2D eigenvalue weighted by Gasteiger charge is 2.08. The molecule has 0 unspecified atom stereocenters. The highest BCUT2D eigenvalue weighted by atomic mass is 16.5. The molecule has 1 heterocycles. The summed E-state index contributed by atoms with van der Waals surface area (Å²) >= 11 is 0. The van der Waals surface area contributed by atoms with E-state index in [0.717, 1.165) is 17.2 Å². The number of furan rings is 1. The Morgan fingerprint density at radius 3 is 2.65 bits per heavy atom. The van der Waals surface area contributed by atoms with Crippen LogP contribution in [-0.4, -0.2) is 31.5 Å². The van der Waals surface area contributed by atoms with Gasteiger partial charge in [-0.1, -0.05) is 0 Å². The Morgan fingerprint density at radius 1 is 1.30 bits per heavy atom. The Hall–Kier alpha value is -2.27. The van der Waals surface area contributed by atoms with Crippen LogP contribution in [0.4, 0.5) is 5.69 Å². The zero-order chi connectivity index (χ0) is 14.4. The van der Waals surface area contributed by atoms with Gasteiger partial charge in [0.25, 0.3) is 0 Å². The van der Waals surface area contributed by atoms with Crippen molar-refractivity contribution in [3.63, 3.8) is 0 Å². The number of hydrogen-bond donors (Lipinski definition) is 1. The summed E-state index contributed by atoms with van der Waals surface area (Å²) < 4.78 is 10.3. The van der Waals surface area contributed by atoms with Crippen LogP contribution in [-0.2, 0) is 11.3 Å². The Morgan fingerprint density at radius 2 is 2.05 bits per heavy atom. The van der Waals surface area contributed by atoms with E-state index in [2.05, 4.69) is 5.32 Å². The average molecular weight is 274 g/mol. The lowest BCUT2D eigenvalue weighted by Gasteiger charge is -2.14. The second-order valence-corrected chi connectivity index (χ2v) is 4.53. The molecule has 0 bridgehead atoms. The van der Waals surface area contributed by atoms with Crippen LogP contribution in [0.2, 0.25) is 0 Å². The maximum absolute atomic E-state index is 11.9. The zero-order valence-corrected chi connectivity index (χ0v) is 11.6. The van der Waals surface area contributed by atoms with Crippen LogP contribution in [0.1, 0.15) is 5.76 Å². The van der Waals surface area contributed by atoms with E-state index in [0.29, 0.717) is 13.1 Å². The predicted molar refractivity (Wildman–Crippen MR) is 76.7 cm³/mol. The number of ether oxygens (including phenoxy) is 1. The van der Waals surface area contributed by atoms with Crippen molar-refractivity contribution in [2.75, 3.05) is 26.0 Å². The van der Waals surface area contributed by atoms with Crippen molar-refractivity contribution >= 4 is 11.6 Å². The monoisotopic (exact) mass is 274 g/mol. The second-order valence-electron chi connectivity index (χ2n) is 4.53. The third-order valence-corrected chi connectivity index (χ3v) is 2.79. The van der Waals surface area contributed by atoms with E-state index >= 15 is 0 Å². The molecule has 1 N–H and O–H groups in total. The molecule has 0 aliphatic rings. The molecular formula is C15H18N2O3. The molecule has 1 aromatic heterocycles. The zero-order valence-electron chi connectivity index (χ0n) is 11.6. The summed E-state index contributed by atoms with van der Waals surface area (Å²) in [5.41, 5.74) is 0.752. The molecule has 5 nitrogen and oxygen atoms in total. The van der Waals surface area contributed by atoms with Gasteiger partial charge in [0.1, 0.15) is 11.5 Å². The van der Waals surface area contributed by atoms with Gasteiger partial charge in [-0.25, -0.2) is 0 Å². The van der Waals surface area contributed by atoms with Gasteiger partial charge in [0.15, 0.2) is 0 Å². The van der Waals surface area contributed by atoms with Crippen LogP contribution in [0.25, 0.3) is 0 Å². The van der Waals surface area contributed by atoms with Gasteiger partial charge in [0.05, 0.1) is 26.5 Å². The Balaban J connectivity index is 1.82. The van der Waals surface area contributed by atoms with E-state index in [1.807, 2.05) is 48.3 Å². The van der Waals surface area contributed by atoms with Gasteiger partial charge in [-0.05, 0) is 43.4 Å². The van der Waals surface area contributed by atoms with Crippen molar-refractivity contribution in [2.24, 2.45) is 0 Å². The molecule has 0 atom stereocenters. The fraction of sp³-hybridized carbons (Fsp3) is 0.267. The fourth-order valence-corrected chi connectivity index (χ4v) is 1.84. The number of likely N-dealkylation sites (N-methyl/N-ethyl adjacent to an activating group) is 1. The summed E-state index contributed by atoms with van der Waals surface area (Å²) in [6.07, 6.45) is 1.63. The van der Waals surface area contributed by atoms with E-state index in [-0.39, 0.29) is 5.91 Å². The number of anilines is 1.